The second kappa shape index (κ2) is 11.8. The SMILES string of the molecule is COC(=O)[C@]12OC[C@]34[C@H](OC(=O)C[C@@H]13)[C@H](OC(=O)C=C(C)C)[C@H]1C(C)=C(O[C@@H]3O[C@H](CO)[C@@H](O)[C@H](O)[C@H]3O)C(=O)C[C@]1(C)[C@H]4[C@@H](O)[C@@H]2O. The summed E-state index contributed by atoms with van der Waals surface area (Å²) in [6.07, 6.45) is -14.2. The van der Waals surface area contributed by atoms with Crippen LogP contribution in [0.25, 0.3) is 0 Å². The highest BCUT2D eigenvalue weighted by Crippen LogP contribution is 2.73. The minimum atomic E-state index is -2.15. The maximum absolute atomic E-state index is 14.1. The first-order chi connectivity index (χ1) is 22.5. The Morgan fingerprint density at radius 3 is 2.35 bits per heavy atom. The molecule has 3 heterocycles. The molecule has 0 aromatic carbocycles. The summed E-state index contributed by atoms with van der Waals surface area (Å²) in [4.78, 5) is 54.0. The van der Waals surface area contributed by atoms with Crippen molar-refractivity contribution >= 4 is 23.7 Å². The van der Waals surface area contributed by atoms with Gasteiger partial charge in [-0.1, -0.05) is 12.5 Å². The van der Waals surface area contributed by atoms with Gasteiger partial charge in [-0.2, -0.15) is 0 Å². The van der Waals surface area contributed by atoms with Crippen LogP contribution in [0.4, 0.5) is 0 Å². The molecule has 0 unspecified atom stereocenters. The number of rotatable bonds is 6. The lowest BCUT2D eigenvalue weighted by Gasteiger charge is -2.68. The Morgan fingerprint density at radius 2 is 1.73 bits per heavy atom. The fourth-order valence-electron chi connectivity index (χ4n) is 9.79. The Kier molecular flexibility index (Phi) is 8.60. The van der Waals surface area contributed by atoms with E-state index in [4.69, 9.17) is 28.4 Å². The largest absolute Gasteiger partial charge is 0.467 e. The smallest absolute Gasteiger partial charge is 0.341 e. The van der Waals surface area contributed by atoms with Gasteiger partial charge in [0.25, 0.3) is 0 Å². The van der Waals surface area contributed by atoms with E-state index < -0.39 is 126 Å². The van der Waals surface area contributed by atoms with Crippen LogP contribution in [-0.4, -0.2) is 135 Å². The first-order valence-corrected chi connectivity index (χ1v) is 15.9. The van der Waals surface area contributed by atoms with Crippen LogP contribution in [0, 0.1) is 28.6 Å². The Morgan fingerprint density at radius 1 is 1.04 bits per heavy atom. The molecule has 6 N–H and O–H groups in total. The molecule has 3 saturated heterocycles. The van der Waals surface area contributed by atoms with E-state index in [0.29, 0.717) is 5.57 Å². The maximum atomic E-state index is 14.1. The number of ketones is 1. The third kappa shape index (κ3) is 4.57. The van der Waals surface area contributed by atoms with Crippen molar-refractivity contribution < 1.29 is 78.2 Å². The summed E-state index contributed by atoms with van der Waals surface area (Å²) in [5, 5.41) is 64.4. The van der Waals surface area contributed by atoms with Crippen molar-refractivity contribution in [3.05, 3.63) is 23.0 Å². The van der Waals surface area contributed by atoms with Crippen LogP contribution >= 0.6 is 0 Å². The number of hydrogen-bond donors (Lipinski definition) is 6. The summed E-state index contributed by atoms with van der Waals surface area (Å²) < 4.78 is 34.5. The molecule has 0 radical (unpaired) electrons. The molecule has 3 aliphatic heterocycles. The van der Waals surface area contributed by atoms with Gasteiger partial charge in [-0.15, -0.1) is 0 Å². The van der Waals surface area contributed by atoms with Crippen molar-refractivity contribution in [1.29, 1.82) is 0 Å². The number of aliphatic hydroxyl groups is 6. The van der Waals surface area contributed by atoms with Gasteiger partial charge in [-0.25, -0.2) is 9.59 Å². The minimum absolute atomic E-state index is 0.152. The normalized spacial score (nSPS) is 47.7. The van der Waals surface area contributed by atoms with E-state index in [1.165, 1.54) is 13.0 Å². The standard InChI is InChI=1S/C32H42O16/c1-11(2)6-16(35)46-24-18-12(3)23(48-28-21(39)20(38)19(37)14(9-33)45-28)13(34)8-30(18,4)25-22(40)26(41)32(29(42)43-5)15-7-17(36)47-27(24)31(15,25)10-44-32/h6,14-15,18-22,24-28,33,37-41H,7-10H2,1-5H3/t14-,15-,18-,19-,20+,21-,22-,24-,25-,26+,27-,28+,30+,31+,32+/m1/s1. The summed E-state index contributed by atoms with van der Waals surface area (Å²) >= 11 is 0. The lowest BCUT2D eigenvalue weighted by atomic mass is 9.38. The number of hydrogen-bond acceptors (Lipinski definition) is 16. The summed E-state index contributed by atoms with van der Waals surface area (Å²) in [5.74, 6) is -6.76. The first kappa shape index (κ1) is 34.9. The van der Waals surface area contributed by atoms with Gasteiger partial charge < -0.3 is 59.1 Å². The Hall–Kier alpha value is -2.96. The highest BCUT2D eigenvalue weighted by atomic mass is 16.7. The molecule has 6 rings (SSSR count). The molecule has 2 bridgehead atoms. The maximum Gasteiger partial charge on any atom is 0.341 e. The lowest BCUT2D eigenvalue weighted by Crippen LogP contribution is -2.79. The molecular formula is C32H42O16. The van der Waals surface area contributed by atoms with Crippen molar-refractivity contribution in [2.24, 2.45) is 28.6 Å². The van der Waals surface area contributed by atoms with Crippen LogP contribution in [-0.2, 0) is 47.6 Å². The number of ether oxygens (including phenoxy) is 6. The number of Topliss-reactive ketones (excluding diaryl/α,β-unsaturated/α-hetero) is 1. The fourth-order valence-corrected chi connectivity index (χ4v) is 9.79. The monoisotopic (exact) mass is 682 g/mol. The molecule has 2 saturated carbocycles. The van der Waals surface area contributed by atoms with Crippen LogP contribution in [0.1, 0.15) is 40.5 Å². The topological polar surface area (TPSA) is 245 Å². The highest BCUT2D eigenvalue weighted by molar-refractivity contribution is 5.96. The van der Waals surface area contributed by atoms with Crippen LogP contribution in [0.2, 0.25) is 0 Å². The van der Waals surface area contributed by atoms with Gasteiger partial charge in [-0.05, 0) is 31.8 Å². The van der Waals surface area contributed by atoms with Crippen LogP contribution in [0.15, 0.2) is 23.0 Å². The van der Waals surface area contributed by atoms with Gasteiger partial charge in [0.1, 0.15) is 42.7 Å². The Bertz CT molecular complexity index is 1450. The number of methoxy groups -OCH3 is 1. The molecule has 48 heavy (non-hydrogen) atoms. The summed E-state index contributed by atoms with van der Waals surface area (Å²) in [7, 11) is 1.09. The average Bonchev–Trinajstić information content (AvgIpc) is 3.30. The van der Waals surface area contributed by atoms with Gasteiger partial charge in [0.15, 0.2) is 17.1 Å². The lowest BCUT2D eigenvalue weighted by molar-refractivity contribution is -0.300. The zero-order valence-corrected chi connectivity index (χ0v) is 27.1. The van der Waals surface area contributed by atoms with Crippen molar-refractivity contribution in [3.8, 4) is 0 Å². The van der Waals surface area contributed by atoms with Gasteiger partial charge in [0, 0.05) is 35.7 Å². The second-order valence-electron chi connectivity index (χ2n) is 14.3. The molecular weight excluding hydrogens is 640 g/mol. The number of aliphatic hydroxyl groups excluding tert-OH is 6. The quantitative estimate of drug-likeness (QED) is 0.0987. The number of fused-ring (bicyclic) bond motifs is 2. The minimum Gasteiger partial charge on any atom is -0.467 e. The summed E-state index contributed by atoms with van der Waals surface area (Å²) in [5.41, 5.74) is -4.19. The molecule has 266 valence electrons. The average molecular weight is 683 g/mol. The molecule has 16 heteroatoms. The van der Waals surface area contributed by atoms with Gasteiger partial charge in [-0.3, -0.25) is 9.59 Å². The predicted molar refractivity (Wildman–Crippen MR) is 155 cm³/mol. The van der Waals surface area contributed by atoms with Gasteiger partial charge >= 0.3 is 17.9 Å². The van der Waals surface area contributed by atoms with E-state index in [2.05, 4.69) is 0 Å². The fraction of sp³-hybridized carbons (Fsp3) is 0.750. The van der Waals surface area contributed by atoms with E-state index in [-0.39, 0.29) is 24.4 Å². The van der Waals surface area contributed by atoms with Crippen molar-refractivity contribution in [1.82, 2.24) is 0 Å². The van der Waals surface area contributed by atoms with Crippen LogP contribution in [0.3, 0.4) is 0 Å². The Labute approximate surface area is 275 Å². The molecule has 15 atom stereocenters. The third-order valence-corrected chi connectivity index (χ3v) is 11.5. The predicted octanol–water partition coefficient (Wildman–Crippen LogP) is -2.22. The van der Waals surface area contributed by atoms with E-state index in [1.54, 1.807) is 20.8 Å². The molecule has 0 aromatic heterocycles. The number of esters is 3. The summed E-state index contributed by atoms with van der Waals surface area (Å²) in [6.45, 7) is 5.46. The van der Waals surface area contributed by atoms with Crippen molar-refractivity contribution in [2.75, 3.05) is 20.3 Å². The number of carbonyl (C=O) groups is 4. The van der Waals surface area contributed by atoms with Crippen molar-refractivity contribution in [2.45, 2.75) is 101 Å². The van der Waals surface area contributed by atoms with E-state index >= 15 is 0 Å². The molecule has 0 aromatic rings. The van der Waals surface area contributed by atoms with Crippen LogP contribution < -0.4 is 0 Å². The van der Waals surface area contributed by atoms with Gasteiger partial charge in [0.05, 0.1) is 32.8 Å². The highest BCUT2D eigenvalue weighted by Gasteiger charge is 2.84. The molecule has 6 aliphatic rings. The molecule has 5 fully saturated rings. The molecule has 0 amide bonds. The second-order valence-corrected chi connectivity index (χ2v) is 14.3. The van der Waals surface area contributed by atoms with Crippen LogP contribution in [0.5, 0.6) is 0 Å². The number of allylic oxidation sites excluding steroid dienone is 2. The third-order valence-electron chi connectivity index (χ3n) is 11.5. The zero-order chi connectivity index (χ0) is 35.2. The van der Waals surface area contributed by atoms with E-state index in [0.717, 1.165) is 7.11 Å². The van der Waals surface area contributed by atoms with Crippen molar-refractivity contribution in [3.63, 3.8) is 0 Å². The molecule has 1 spiro atoms. The van der Waals surface area contributed by atoms with Gasteiger partial charge in [0.2, 0.25) is 6.29 Å². The Balaban J connectivity index is 1.52. The number of carbonyl (C=O) groups excluding carboxylic acids is 4. The first-order valence-electron chi connectivity index (χ1n) is 15.9. The zero-order valence-electron chi connectivity index (χ0n) is 27.1. The van der Waals surface area contributed by atoms with E-state index in [1.807, 2.05) is 0 Å². The molecule has 3 aliphatic carbocycles. The molecule has 16 nitrogen and oxygen atoms in total. The van der Waals surface area contributed by atoms with E-state index in [9.17, 15) is 49.8 Å². The summed E-state index contributed by atoms with van der Waals surface area (Å²) in [6, 6.07) is 0.